The van der Waals surface area contributed by atoms with Gasteiger partial charge in [-0.1, -0.05) is 32.8 Å². The van der Waals surface area contributed by atoms with Crippen LogP contribution in [-0.4, -0.2) is 28.3 Å². The molecule has 0 amide bonds. The Morgan fingerprint density at radius 3 is 2.00 bits per heavy atom. The average Bonchev–Trinajstić information content (AvgIpc) is 2.25. The smallest absolute Gasteiger partial charge is 0.462 e. The number of hydrogen-bond donors (Lipinski definition) is 2. The van der Waals surface area contributed by atoms with Crippen molar-refractivity contribution in [1.29, 1.82) is 0 Å². The lowest BCUT2D eigenvalue weighted by atomic mass is 10.2. The van der Waals surface area contributed by atoms with Crippen LogP contribution in [0.15, 0.2) is 12.2 Å². The van der Waals surface area contributed by atoms with Gasteiger partial charge in [-0.25, -0.2) is 9.36 Å². The molecule has 0 rings (SSSR count). The zero-order valence-corrected chi connectivity index (χ0v) is 13.0. The summed E-state index contributed by atoms with van der Waals surface area (Å²) < 4.78 is 18.1. The van der Waals surface area contributed by atoms with Gasteiger partial charge < -0.3 is 9.26 Å². The fraction of sp³-hybridized carbons (Fsp3) is 0.667. The first-order valence-corrected chi connectivity index (χ1v) is 7.71. The van der Waals surface area contributed by atoms with Gasteiger partial charge in [0.25, 0.3) is 0 Å². The van der Waals surface area contributed by atoms with Crippen LogP contribution in [-0.2, 0) is 23.4 Å². The number of phosphoric acid groups is 1. The molecule has 0 aliphatic heterocycles. The molecule has 0 spiro atoms. The van der Waals surface area contributed by atoms with Crippen molar-refractivity contribution in [3.05, 3.63) is 12.2 Å². The SMILES string of the molecule is C=C(C)C(=O)OCCCCCC.CC(=O)OP(=O)(O)O. The molecule has 20 heavy (non-hydrogen) atoms. The molecule has 0 fully saturated rings. The number of rotatable bonds is 7. The molecule has 0 heterocycles. The third kappa shape index (κ3) is 19.2. The molecule has 2 N–H and O–H groups in total. The van der Waals surface area contributed by atoms with E-state index in [2.05, 4.69) is 18.0 Å². The predicted molar refractivity (Wildman–Crippen MR) is 73.7 cm³/mol. The summed E-state index contributed by atoms with van der Waals surface area (Å²) >= 11 is 0. The lowest BCUT2D eigenvalue weighted by molar-refractivity contribution is -0.139. The summed E-state index contributed by atoms with van der Waals surface area (Å²) in [6.07, 6.45) is 4.52. The Kier molecular flexibility index (Phi) is 12.3. The summed E-state index contributed by atoms with van der Waals surface area (Å²) in [5, 5.41) is 0. The highest BCUT2D eigenvalue weighted by Gasteiger charge is 2.16. The minimum absolute atomic E-state index is 0.272. The van der Waals surface area contributed by atoms with E-state index in [9.17, 15) is 14.2 Å². The van der Waals surface area contributed by atoms with Gasteiger partial charge in [0.2, 0.25) is 0 Å². The zero-order chi connectivity index (χ0) is 16.2. The van der Waals surface area contributed by atoms with Crippen LogP contribution >= 0.6 is 7.82 Å². The maximum atomic E-state index is 10.9. The van der Waals surface area contributed by atoms with Gasteiger partial charge in [0.05, 0.1) is 6.61 Å². The highest BCUT2D eigenvalue weighted by atomic mass is 31.2. The summed E-state index contributed by atoms with van der Waals surface area (Å²) in [5.41, 5.74) is 0.477. The van der Waals surface area contributed by atoms with Crippen LogP contribution in [0, 0.1) is 0 Å². The Balaban J connectivity index is 0. The number of carbonyl (C=O) groups is 2. The molecule has 118 valence electrons. The lowest BCUT2D eigenvalue weighted by Gasteiger charge is -2.02. The molecule has 0 bridgehead atoms. The van der Waals surface area contributed by atoms with Gasteiger partial charge in [-0.3, -0.25) is 14.6 Å². The molecule has 7 nitrogen and oxygen atoms in total. The number of ether oxygens (including phenoxy) is 1. The Morgan fingerprint density at radius 2 is 1.70 bits per heavy atom. The maximum absolute atomic E-state index is 10.9. The zero-order valence-electron chi connectivity index (χ0n) is 12.1. The van der Waals surface area contributed by atoms with E-state index in [4.69, 9.17) is 14.5 Å². The first kappa shape index (κ1) is 21.1. The van der Waals surface area contributed by atoms with Crippen molar-refractivity contribution in [2.24, 2.45) is 0 Å². The quantitative estimate of drug-likeness (QED) is 0.321. The standard InChI is InChI=1S/C10H18O2.C2H5O5P/c1-4-5-6-7-8-12-10(11)9(2)3;1-2(3)7-8(4,5)6/h2,4-8H2,1,3H3;1H3,(H2,4,5,6). The topological polar surface area (TPSA) is 110 Å². The Labute approximate surface area is 119 Å². The van der Waals surface area contributed by atoms with Gasteiger partial charge in [0.1, 0.15) is 0 Å². The minimum Gasteiger partial charge on any atom is -0.462 e. The van der Waals surface area contributed by atoms with E-state index in [0.717, 1.165) is 19.8 Å². The van der Waals surface area contributed by atoms with Crippen molar-refractivity contribution in [1.82, 2.24) is 0 Å². The molecule has 0 aromatic carbocycles. The molecule has 0 radical (unpaired) electrons. The van der Waals surface area contributed by atoms with Gasteiger partial charge in [-0.05, 0) is 13.3 Å². The largest absolute Gasteiger partial charge is 0.526 e. The monoisotopic (exact) mass is 310 g/mol. The Morgan fingerprint density at radius 1 is 1.15 bits per heavy atom. The van der Waals surface area contributed by atoms with Crippen LogP contribution in [0.25, 0.3) is 0 Å². The van der Waals surface area contributed by atoms with Crippen LogP contribution in [0.2, 0.25) is 0 Å². The normalized spacial score (nSPS) is 10.1. The second-order valence-electron chi connectivity index (χ2n) is 4.05. The van der Waals surface area contributed by atoms with E-state index in [1.54, 1.807) is 6.92 Å². The van der Waals surface area contributed by atoms with Crippen LogP contribution in [0.1, 0.15) is 46.5 Å². The molecule has 0 aromatic rings. The number of unbranched alkanes of at least 4 members (excludes halogenated alkanes) is 3. The third-order valence-electron chi connectivity index (χ3n) is 1.83. The van der Waals surface area contributed by atoms with E-state index in [0.29, 0.717) is 12.2 Å². The highest BCUT2D eigenvalue weighted by Crippen LogP contribution is 2.35. The van der Waals surface area contributed by atoms with Crippen LogP contribution < -0.4 is 0 Å². The number of hydrogen-bond acceptors (Lipinski definition) is 5. The molecule has 8 heteroatoms. The van der Waals surface area contributed by atoms with Gasteiger partial charge in [-0.2, -0.15) is 0 Å². The first-order chi connectivity index (χ1) is 9.10. The van der Waals surface area contributed by atoms with Crippen molar-refractivity contribution in [2.75, 3.05) is 6.61 Å². The van der Waals surface area contributed by atoms with E-state index in [-0.39, 0.29) is 5.97 Å². The van der Waals surface area contributed by atoms with Crippen molar-refractivity contribution in [3.63, 3.8) is 0 Å². The molecular formula is C12H23O7P. The first-order valence-electron chi connectivity index (χ1n) is 6.18. The summed E-state index contributed by atoms with van der Waals surface area (Å²) in [7, 11) is -4.57. The molecule has 0 saturated heterocycles. The van der Waals surface area contributed by atoms with Gasteiger partial charge >= 0.3 is 19.8 Å². The van der Waals surface area contributed by atoms with E-state index in [1.165, 1.54) is 12.8 Å². The summed E-state index contributed by atoms with van der Waals surface area (Å²) in [4.78, 5) is 36.3. The second-order valence-corrected chi connectivity index (χ2v) is 5.21. The number of esters is 1. The maximum Gasteiger partial charge on any atom is 0.526 e. The van der Waals surface area contributed by atoms with Crippen LogP contribution in [0.4, 0.5) is 0 Å². The molecule has 0 atom stereocenters. The predicted octanol–water partition coefficient (Wildman–Crippen LogP) is 2.33. The molecule has 0 aliphatic carbocycles. The van der Waals surface area contributed by atoms with Crippen molar-refractivity contribution < 1.29 is 33.2 Å². The van der Waals surface area contributed by atoms with E-state index >= 15 is 0 Å². The van der Waals surface area contributed by atoms with Crippen LogP contribution in [0.3, 0.4) is 0 Å². The number of phosphoric ester groups is 1. The molecule has 0 aliphatic rings. The summed E-state index contributed by atoms with van der Waals surface area (Å²) in [6.45, 7) is 8.76. The van der Waals surface area contributed by atoms with Crippen molar-refractivity contribution in [2.45, 2.75) is 46.5 Å². The van der Waals surface area contributed by atoms with E-state index in [1.807, 2.05) is 0 Å². The van der Waals surface area contributed by atoms with Gasteiger partial charge in [-0.15, -0.1) is 0 Å². The second kappa shape index (κ2) is 11.6. The third-order valence-corrected chi connectivity index (χ3v) is 2.32. The number of carbonyl (C=O) groups excluding carboxylic acids is 2. The van der Waals surface area contributed by atoms with Crippen molar-refractivity contribution >= 4 is 19.8 Å². The van der Waals surface area contributed by atoms with Crippen LogP contribution in [0.5, 0.6) is 0 Å². The fourth-order valence-electron chi connectivity index (χ4n) is 0.984. The molecule has 0 aromatic heterocycles. The van der Waals surface area contributed by atoms with Crippen molar-refractivity contribution in [3.8, 4) is 0 Å². The van der Waals surface area contributed by atoms with Gasteiger partial charge in [0.15, 0.2) is 0 Å². The molecule has 0 unspecified atom stereocenters. The molecule has 0 saturated carbocycles. The highest BCUT2D eigenvalue weighted by molar-refractivity contribution is 7.46. The average molecular weight is 310 g/mol. The Bertz CT molecular complexity index is 359. The van der Waals surface area contributed by atoms with Gasteiger partial charge in [0, 0.05) is 12.5 Å². The lowest BCUT2D eigenvalue weighted by Crippen LogP contribution is -2.05. The summed E-state index contributed by atoms with van der Waals surface area (Å²) in [6, 6.07) is 0. The fourth-order valence-corrected chi connectivity index (χ4v) is 1.32. The summed E-state index contributed by atoms with van der Waals surface area (Å²) in [5.74, 6) is -1.26. The molecular weight excluding hydrogens is 287 g/mol. The minimum atomic E-state index is -4.57. The van der Waals surface area contributed by atoms with E-state index < -0.39 is 13.8 Å². The Hall–Kier alpha value is -1.17.